The largest absolute Gasteiger partial charge is 0.450 e. The van der Waals surface area contributed by atoms with E-state index in [9.17, 15) is 4.79 Å². The van der Waals surface area contributed by atoms with Gasteiger partial charge in [0.25, 0.3) is 0 Å². The zero-order valence-corrected chi connectivity index (χ0v) is 16.8. The van der Waals surface area contributed by atoms with Gasteiger partial charge in [0.05, 0.1) is 19.3 Å². The maximum absolute atomic E-state index is 12.2. The van der Waals surface area contributed by atoms with Crippen molar-refractivity contribution < 1.29 is 14.3 Å². The van der Waals surface area contributed by atoms with E-state index in [4.69, 9.17) is 9.47 Å². The Bertz CT molecular complexity index is 682. The van der Waals surface area contributed by atoms with E-state index in [0.29, 0.717) is 19.7 Å². The average molecular weight is 383 g/mol. The average Bonchev–Trinajstić information content (AvgIpc) is 2.74. The van der Waals surface area contributed by atoms with Gasteiger partial charge < -0.3 is 14.4 Å². The Morgan fingerprint density at radius 3 is 2.11 bits per heavy atom. The fourth-order valence-corrected chi connectivity index (χ4v) is 3.86. The van der Waals surface area contributed by atoms with Crippen LogP contribution in [-0.2, 0) is 22.6 Å². The molecule has 0 radical (unpaired) electrons. The van der Waals surface area contributed by atoms with E-state index in [1.165, 1.54) is 11.1 Å². The lowest BCUT2D eigenvalue weighted by Gasteiger charge is -2.43. The molecule has 0 unspecified atom stereocenters. The van der Waals surface area contributed by atoms with Crippen LogP contribution in [0.3, 0.4) is 0 Å². The van der Waals surface area contributed by atoms with Gasteiger partial charge in [-0.2, -0.15) is 0 Å². The van der Waals surface area contributed by atoms with Gasteiger partial charge >= 0.3 is 6.09 Å². The molecule has 1 saturated heterocycles. The maximum atomic E-state index is 12.2. The smallest absolute Gasteiger partial charge is 0.409 e. The molecule has 0 aliphatic carbocycles. The van der Waals surface area contributed by atoms with Gasteiger partial charge in [-0.15, -0.1) is 0 Å². The van der Waals surface area contributed by atoms with E-state index >= 15 is 0 Å². The number of piperidine rings is 1. The van der Waals surface area contributed by atoms with Gasteiger partial charge in [-0.1, -0.05) is 60.7 Å². The number of ether oxygens (including phenoxy) is 2. The van der Waals surface area contributed by atoms with Crippen LogP contribution in [0.2, 0.25) is 0 Å². The molecule has 2 aromatic carbocycles. The molecule has 1 aliphatic heterocycles. The summed E-state index contributed by atoms with van der Waals surface area (Å²) in [5.41, 5.74) is 2.56. The van der Waals surface area contributed by atoms with Crippen LogP contribution in [-0.4, -0.2) is 54.8 Å². The molecule has 28 heavy (non-hydrogen) atoms. The second-order valence-electron chi connectivity index (χ2n) is 7.15. The predicted molar refractivity (Wildman–Crippen MR) is 110 cm³/mol. The molecule has 0 spiro atoms. The molecule has 1 fully saturated rings. The number of hydrogen-bond donors (Lipinski definition) is 0. The first-order chi connectivity index (χ1) is 13.7. The van der Waals surface area contributed by atoms with Gasteiger partial charge in [-0.3, -0.25) is 4.90 Å². The third-order valence-corrected chi connectivity index (χ3v) is 5.28. The molecule has 0 bridgehead atoms. The van der Waals surface area contributed by atoms with Gasteiger partial charge in [-0.05, 0) is 24.5 Å². The summed E-state index contributed by atoms with van der Waals surface area (Å²) in [6.07, 6.45) is 0.558. The second kappa shape index (κ2) is 10.2. The van der Waals surface area contributed by atoms with Crippen LogP contribution in [0.15, 0.2) is 60.7 Å². The monoisotopic (exact) mass is 382 g/mol. The van der Waals surface area contributed by atoms with Gasteiger partial charge in [0, 0.05) is 32.8 Å². The fraction of sp³-hybridized carbons (Fsp3) is 0.435. The Balaban J connectivity index is 1.77. The van der Waals surface area contributed by atoms with Crippen LogP contribution >= 0.6 is 0 Å². The standard InChI is InChI=1S/C23H30N2O3/c1-3-28-23(26)24-15-14-21(22(18-24)27-2)25(16-19-10-6-4-7-11-19)17-20-12-8-5-9-13-20/h4-13,21-22H,3,14-18H2,1-2H3/t21-,22+/m0/s1. The number of likely N-dealkylation sites (tertiary alicyclic amines) is 1. The lowest BCUT2D eigenvalue weighted by molar-refractivity contribution is -0.0413. The van der Waals surface area contributed by atoms with Gasteiger partial charge in [-0.25, -0.2) is 4.79 Å². The number of carbonyl (C=O) groups excluding carboxylic acids is 1. The molecule has 2 aromatic rings. The molecule has 5 heteroatoms. The van der Waals surface area contributed by atoms with Crippen LogP contribution in [0.1, 0.15) is 24.5 Å². The Labute approximate surface area is 167 Å². The van der Waals surface area contributed by atoms with Crippen LogP contribution in [0.25, 0.3) is 0 Å². The van der Waals surface area contributed by atoms with Gasteiger partial charge in [0.2, 0.25) is 0 Å². The van der Waals surface area contributed by atoms with Crippen molar-refractivity contribution in [3.8, 4) is 0 Å². The minimum atomic E-state index is -0.249. The number of carbonyl (C=O) groups is 1. The third kappa shape index (κ3) is 5.33. The highest BCUT2D eigenvalue weighted by Gasteiger charge is 2.35. The Kier molecular flexibility index (Phi) is 7.46. The molecule has 5 nitrogen and oxygen atoms in total. The number of rotatable bonds is 7. The summed E-state index contributed by atoms with van der Waals surface area (Å²) in [7, 11) is 1.73. The minimum absolute atomic E-state index is 0.0504. The first-order valence-electron chi connectivity index (χ1n) is 9.97. The topological polar surface area (TPSA) is 42.0 Å². The van der Waals surface area contributed by atoms with Crippen molar-refractivity contribution in [3.05, 3.63) is 71.8 Å². The molecule has 1 aliphatic rings. The van der Waals surface area contributed by atoms with Crippen molar-refractivity contribution in [3.63, 3.8) is 0 Å². The molecular weight excluding hydrogens is 352 g/mol. The van der Waals surface area contributed by atoms with E-state index in [2.05, 4.69) is 53.4 Å². The van der Waals surface area contributed by atoms with Gasteiger partial charge in [0.15, 0.2) is 0 Å². The number of methoxy groups -OCH3 is 1. The Morgan fingerprint density at radius 1 is 1.04 bits per heavy atom. The number of hydrogen-bond acceptors (Lipinski definition) is 4. The molecule has 1 heterocycles. The minimum Gasteiger partial charge on any atom is -0.450 e. The SMILES string of the molecule is CCOC(=O)N1CC[C@H](N(Cc2ccccc2)Cc2ccccc2)[C@H](OC)C1. The molecule has 2 atom stereocenters. The van der Waals surface area contributed by atoms with E-state index in [-0.39, 0.29) is 18.2 Å². The number of amides is 1. The Morgan fingerprint density at radius 2 is 1.61 bits per heavy atom. The lowest BCUT2D eigenvalue weighted by Crippen LogP contribution is -2.55. The summed E-state index contributed by atoms with van der Waals surface area (Å²) >= 11 is 0. The van der Waals surface area contributed by atoms with E-state index in [0.717, 1.165) is 19.5 Å². The maximum Gasteiger partial charge on any atom is 0.409 e. The molecule has 150 valence electrons. The third-order valence-electron chi connectivity index (χ3n) is 5.28. The highest BCUT2D eigenvalue weighted by Crippen LogP contribution is 2.24. The van der Waals surface area contributed by atoms with Crippen LogP contribution in [0.4, 0.5) is 4.79 Å². The molecular formula is C23H30N2O3. The molecule has 0 aromatic heterocycles. The predicted octanol–water partition coefficient (Wildman–Crippen LogP) is 3.93. The molecule has 0 saturated carbocycles. The van der Waals surface area contributed by atoms with Crippen molar-refractivity contribution in [2.24, 2.45) is 0 Å². The van der Waals surface area contributed by atoms with E-state index in [1.54, 1.807) is 12.0 Å². The summed E-state index contributed by atoms with van der Waals surface area (Å²) in [6, 6.07) is 21.3. The molecule has 3 rings (SSSR count). The van der Waals surface area contributed by atoms with Crippen molar-refractivity contribution in [2.75, 3.05) is 26.8 Å². The number of benzene rings is 2. The highest BCUT2D eigenvalue weighted by molar-refractivity contribution is 5.67. The molecule has 0 N–H and O–H groups in total. The summed E-state index contributed by atoms with van der Waals surface area (Å²) in [6.45, 7) is 5.16. The fourth-order valence-electron chi connectivity index (χ4n) is 3.86. The van der Waals surface area contributed by atoms with Gasteiger partial charge in [0.1, 0.15) is 0 Å². The first kappa shape index (κ1) is 20.4. The van der Waals surface area contributed by atoms with Crippen molar-refractivity contribution >= 4 is 6.09 Å². The van der Waals surface area contributed by atoms with Crippen LogP contribution in [0, 0.1) is 0 Å². The second-order valence-corrected chi connectivity index (χ2v) is 7.15. The van der Waals surface area contributed by atoms with Crippen LogP contribution in [0.5, 0.6) is 0 Å². The normalized spacial score (nSPS) is 19.6. The van der Waals surface area contributed by atoms with Crippen molar-refractivity contribution in [2.45, 2.75) is 38.6 Å². The molecule has 1 amide bonds. The first-order valence-corrected chi connectivity index (χ1v) is 9.97. The number of nitrogens with zero attached hydrogens (tertiary/aromatic N) is 2. The quantitative estimate of drug-likeness (QED) is 0.728. The summed E-state index contributed by atoms with van der Waals surface area (Å²) in [4.78, 5) is 16.4. The van der Waals surface area contributed by atoms with Crippen molar-refractivity contribution in [1.82, 2.24) is 9.80 Å². The highest BCUT2D eigenvalue weighted by atomic mass is 16.6. The lowest BCUT2D eigenvalue weighted by atomic mass is 9.98. The zero-order chi connectivity index (χ0) is 19.8. The zero-order valence-electron chi connectivity index (χ0n) is 16.8. The Hall–Kier alpha value is -2.37. The van der Waals surface area contributed by atoms with E-state index < -0.39 is 0 Å². The van der Waals surface area contributed by atoms with Crippen molar-refractivity contribution in [1.29, 1.82) is 0 Å². The van der Waals surface area contributed by atoms with Crippen LogP contribution < -0.4 is 0 Å². The summed E-state index contributed by atoms with van der Waals surface area (Å²) < 4.78 is 11.0. The summed E-state index contributed by atoms with van der Waals surface area (Å²) in [5.74, 6) is 0. The van der Waals surface area contributed by atoms with E-state index in [1.807, 2.05) is 19.1 Å². The summed E-state index contributed by atoms with van der Waals surface area (Å²) in [5, 5.41) is 0.